The van der Waals surface area contributed by atoms with Gasteiger partial charge >= 0.3 is 5.97 Å². The average Bonchev–Trinajstić information content (AvgIpc) is 3.16. The Morgan fingerprint density at radius 3 is 2.52 bits per heavy atom. The van der Waals surface area contributed by atoms with E-state index < -0.39 is 5.97 Å². The first-order valence-electron chi connectivity index (χ1n) is 7.12. The van der Waals surface area contributed by atoms with E-state index in [1.54, 1.807) is 23.5 Å². The number of benzene rings is 1. The summed E-state index contributed by atoms with van der Waals surface area (Å²) in [7, 11) is 3.97. The molecule has 2 aromatic rings. The zero-order valence-electron chi connectivity index (χ0n) is 12.9. The van der Waals surface area contributed by atoms with Gasteiger partial charge in [-0.1, -0.05) is 12.1 Å². The minimum Gasteiger partial charge on any atom is -0.403 e. The maximum atomic E-state index is 11.9. The maximum absolute atomic E-state index is 11.9. The van der Waals surface area contributed by atoms with Crippen LogP contribution in [0.4, 0.5) is 5.69 Å². The minimum atomic E-state index is -0.424. The molecule has 0 radical (unpaired) electrons. The molecule has 0 saturated heterocycles. The number of aliphatic imine (C=N–C) groups is 1. The molecule has 0 saturated carbocycles. The minimum absolute atomic E-state index is 0.313. The van der Waals surface area contributed by atoms with Crippen molar-refractivity contribution in [2.45, 2.75) is 0 Å². The zero-order chi connectivity index (χ0) is 16.2. The van der Waals surface area contributed by atoms with Crippen LogP contribution >= 0.6 is 11.3 Å². The second kappa shape index (κ2) is 6.62. The van der Waals surface area contributed by atoms with Crippen LogP contribution in [0.15, 0.2) is 57.9 Å². The largest absolute Gasteiger partial charge is 0.403 e. The fraction of sp³-hybridized carbons (Fsp3) is 0.111. The predicted octanol–water partition coefficient (Wildman–Crippen LogP) is 3.82. The molecule has 1 aromatic carbocycles. The average molecular weight is 324 g/mol. The first kappa shape index (κ1) is 15.2. The molecule has 4 nitrogen and oxygen atoms in total. The molecule has 1 aliphatic rings. The van der Waals surface area contributed by atoms with Gasteiger partial charge in [-0.05, 0) is 52.2 Å². The second-order valence-electron chi connectivity index (χ2n) is 5.25. The van der Waals surface area contributed by atoms with Gasteiger partial charge in [0, 0.05) is 25.9 Å². The monoisotopic (exact) mass is 324 g/mol. The molecule has 3 rings (SSSR count). The SMILES string of the molecule is CN(C)c1ccc(C=C2N=C(C=Cc3ccsc3)OC2=O)cc1. The van der Waals surface area contributed by atoms with Gasteiger partial charge in [0.2, 0.25) is 5.90 Å². The highest BCUT2D eigenvalue weighted by molar-refractivity contribution is 7.08. The van der Waals surface area contributed by atoms with Gasteiger partial charge in [-0.25, -0.2) is 9.79 Å². The molecule has 0 amide bonds. The van der Waals surface area contributed by atoms with Crippen molar-refractivity contribution in [2.24, 2.45) is 4.99 Å². The van der Waals surface area contributed by atoms with E-state index in [-0.39, 0.29) is 0 Å². The molecule has 0 fully saturated rings. The van der Waals surface area contributed by atoms with Crippen LogP contribution in [-0.2, 0) is 9.53 Å². The molecule has 0 N–H and O–H groups in total. The van der Waals surface area contributed by atoms with Crippen LogP contribution in [0.2, 0.25) is 0 Å². The lowest BCUT2D eigenvalue weighted by Gasteiger charge is -2.11. The summed E-state index contributed by atoms with van der Waals surface area (Å²) in [5, 5.41) is 4.00. The van der Waals surface area contributed by atoms with Crippen molar-refractivity contribution in [3.05, 3.63) is 64.0 Å². The van der Waals surface area contributed by atoms with Gasteiger partial charge in [-0.2, -0.15) is 11.3 Å². The number of hydrogen-bond acceptors (Lipinski definition) is 5. The molecular formula is C18H16N2O2S. The fourth-order valence-electron chi connectivity index (χ4n) is 2.06. The number of cyclic esters (lactones) is 1. The van der Waals surface area contributed by atoms with Gasteiger partial charge in [-0.15, -0.1) is 0 Å². The molecule has 116 valence electrons. The Labute approximate surface area is 139 Å². The molecule has 1 aliphatic heterocycles. The number of rotatable bonds is 4. The Hall–Kier alpha value is -2.66. The van der Waals surface area contributed by atoms with Gasteiger partial charge in [0.15, 0.2) is 5.70 Å². The Balaban J connectivity index is 1.77. The van der Waals surface area contributed by atoms with Crippen LogP contribution in [0.3, 0.4) is 0 Å². The van der Waals surface area contributed by atoms with Gasteiger partial charge in [-0.3, -0.25) is 0 Å². The molecule has 0 bridgehead atoms. The normalized spacial score (nSPS) is 16.0. The van der Waals surface area contributed by atoms with E-state index in [9.17, 15) is 4.79 Å². The topological polar surface area (TPSA) is 41.9 Å². The molecule has 5 heteroatoms. The van der Waals surface area contributed by atoms with E-state index in [2.05, 4.69) is 4.99 Å². The van der Waals surface area contributed by atoms with Gasteiger partial charge in [0.05, 0.1) is 0 Å². The number of ether oxygens (including phenoxy) is 1. The third-order valence-electron chi connectivity index (χ3n) is 3.31. The van der Waals surface area contributed by atoms with E-state index in [0.717, 1.165) is 16.8 Å². The molecule has 0 aliphatic carbocycles. The maximum Gasteiger partial charge on any atom is 0.363 e. The Morgan fingerprint density at radius 1 is 1.09 bits per heavy atom. The highest BCUT2D eigenvalue weighted by atomic mass is 32.1. The van der Waals surface area contributed by atoms with Crippen molar-refractivity contribution in [3.8, 4) is 0 Å². The zero-order valence-corrected chi connectivity index (χ0v) is 13.7. The number of thiophene rings is 1. The van der Waals surface area contributed by atoms with Gasteiger partial charge in [0.1, 0.15) is 0 Å². The van der Waals surface area contributed by atoms with Crippen LogP contribution in [0.1, 0.15) is 11.1 Å². The fourth-order valence-corrected chi connectivity index (χ4v) is 2.69. The number of esters is 1. The van der Waals surface area contributed by atoms with Crippen molar-refractivity contribution in [1.29, 1.82) is 0 Å². The van der Waals surface area contributed by atoms with Crippen LogP contribution < -0.4 is 4.90 Å². The summed E-state index contributed by atoms with van der Waals surface area (Å²) in [6.07, 6.45) is 5.31. The molecule has 0 unspecified atom stereocenters. The predicted molar refractivity (Wildman–Crippen MR) is 95.6 cm³/mol. The van der Waals surface area contributed by atoms with Crippen molar-refractivity contribution >= 4 is 41.0 Å². The number of anilines is 1. The standard InChI is InChI=1S/C18H16N2O2S/c1-20(2)15-6-3-13(4-7-15)11-16-18(21)22-17(19-16)8-5-14-9-10-23-12-14/h3-12H,1-2H3. The summed E-state index contributed by atoms with van der Waals surface area (Å²) in [6, 6.07) is 9.87. The smallest absolute Gasteiger partial charge is 0.363 e. The third-order valence-corrected chi connectivity index (χ3v) is 4.01. The molecule has 1 aromatic heterocycles. The number of carbonyl (C=O) groups is 1. The Kier molecular flexibility index (Phi) is 4.39. The van der Waals surface area contributed by atoms with Crippen molar-refractivity contribution in [2.75, 3.05) is 19.0 Å². The molecular weight excluding hydrogens is 308 g/mol. The van der Waals surface area contributed by atoms with E-state index in [1.165, 1.54) is 0 Å². The first-order valence-corrected chi connectivity index (χ1v) is 8.06. The van der Waals surface area contributed by atoms with Crippen molar-refractivity contribution in [1.82, 2.24) is 0 Å². The third kappa shape index (κ3) is 3.76. The quantitative estimate of drug-likeness (QED) is 0.634. The van der Waals surface area contributed by atoms with Crippen molar-refractivity contribution in [3.63, 3.8) is 0 Å². The van der Waals surface area contributed by atoms with Crippen molar-refractivity contribution < 1.29 is 9.53 Å². The first-order chi connectivity index (χ1) is 11.1. The summed E-state index contributed by atoms with van der Waals surface area (Å²) in [5.74, 6) is -0.107. The Bertz CT molecular complexity index is 785. The Morgan fingerprint density at radius 2 is 1.87 bits per heavy atom. The van der Waals surface area contributed by atoms with Gasteiger partial charge in [0.25, 0.3) is 0 Å². The number of carbonyl (C=O) groups excluding carboxylic acids is 1. The van der Waals surface area contributed by atoms with Crippen LogP contribution in [0.5, 0.6) is 0 Å². The van der Waals surface area contributed by atoms with Crippen LogP contribution in [-0.4, -0.2) is 26.0 Å². The molecule has 2 heterocycles. The summed E-state index contributed by atoms with van der Waals surface area (Å²) in [4.78, 5) is 18.1. The van der Waals surface area contributed by atoms with Gasteiger partial charge < -0.3 is 9.64 Å². The second-order valence-corrected chi connectivity index (χ2v) is 6.03. The van der Waals surface area contributed by atoms with E-state index in [0.29, 0.717) is 11.6 Å². The lowest BCUT2D eigenvalue weighted by molar-refractivity contribution is -0.129. The summed E-state index contributed by atoms with van der Waals surface area (Å²) >= 11 is 1.61. The molecule has 0 spiro atoms. The summed E-state index contributed by atoms with van der Waals surface area (Å²) in [5.41, 5.74) is 3.39. The molecule has 0 atom stereocenters. The lowest BCUT2D eigenvalue weighted by atomic mass is 10.1. The van der Waals surface area contributed by atoms with Crippen LogP contribution in [0.25, 0.3) is 12.2 Å². The van der Waals surface area contributed by atoms with E-state index >= 15 is 0 Å². The summed E-state index contributed by atoms with van der Waals surface area (Å²) < 4.78 is 5.16. The summed E-state index contributed by atoms with van der Waals surface area (Å²) in [6.45, 7) is 0. The highest BCUT2D eigenvalue weighted by Crippen LogP contribution is 2.19. The number of nitrogens with zero attached hydrogens (tertiary/aromatic N) is 2. The lowest BCUT2D eigenvalue weighted by Crippen LogP contribution is -2.07. The van der Waals surface area contributed by atoms with E-state index in [1.807, 2.05) is 66.2 Å². The molecule has 23 heavy (non-hydrogen) atoms. The van der Waals surface area contributed by atoms with E-state index in [4.69, 9.17) is 4.74 Å². The highest BCUT2D eigenvalue weighted by Gasteiger charge is 2.21. The number of hydrogen-bond donors (Lipinski definition) is 0. The van der Waals surface area contributed by atoms with Crippen LogP contribution in [0, 0.1) is 0 Å².